The van der Waals surface area contributed by atoms with Gasteiger partial charge >= 0.3 is 12.0 Å². The molecule has 7 nitrogen and oxygen atoms in total. The highest BCUT2D eigenvalue weighted by Gasteiger charge is 2.35. The average molecular weight is 254 g/mol. The number of hydrogen-bond acceptors (Lipinski definition) is 5. The quantitative estimate of drug-likeness (QED) is 0.609. The molecule has 0 saturated carbocycles. The first kappa shape index (κ1) is 13.0. The van der Waals surface area contributed by atoms with E-state index in [4.69, 9.17) is 5.11 Å². The van der Waals surface area contributed by atoms with Gasteiger partial charge in [-0.3, -0.25) is 19.9 Å². The highest BCUT2D eigenvalue weighted by molar-refractivity contribution is 5.42. The number of hydrogen-bond donors (Lipinski definition) is 2. The minimum atomic E-state index is -5.17. The van der Waals surface area contributed by atoms with E-state index in [9.17, 15) is 28.1 Å². The van der Waals surface area contributed by atoms with Crippen LogP contribution >= 0.6 is 0 Å². The Balaban J connectivity index is 3.33. The number of ether oxygens (including phenoxy) is 1. The van der Waals surface area contributed by atoms with Crippen molar-refractivity contribution < 1.29 is 27.9 Å². The van der Waals surface area contributed by atoms with Crippen molar-refractivity contribution in [3.05, 3.63) is 32.1 Å². The van der Waals surface area contributed by atoms with Crippen LogP contribution in [-0.2, 0) is 6.61 Å². The van der Waals surface area contributed by atoms with E-state index in [2.05, 4.69) is 4.74 Å². The first-order valence-corrected chi connectivity index (χ1v) is 4.02. The predicted octanol–water partition coefficient (Wildman–Crippen LogP) is 0.674. The van der Waals surface area contributed by atoms with Gasteiger partial charge in [0, 0.05) is 11.6 Å². The minimum Gasteiger partial charge on any atom is -0.391 e. The molecule has 0 aromatic carbocycles. The van der Waals surface area contributed by atoms with E-state index in [1.165, 1.54) is 4.98 Å². The van der Waals surface area contributed by atoms with E-state index in [-0.39, 0.29) is 0 Å². The van der Waals surface area contributed by atoms with Crippen LogP contribution in [0.3, 0.4) is 0 Å². The Hall–Kier alpha value is -2.10. The maximum Gasteiger partial charge on any atom is 0.574 e. The molecule has 0 aliphatic rings. The number of nitrogens with zero attached hydrogens (tertiary/aromatic N) is 1. The molecular weight excluding hydrogens is 249 g/mol. The molecule has 0 aliphatic heterocycles. The van der Waals surface area contributed by atoms with E-state index in [0.29, 0.717) is 6.07 Å². The fraction of sp³-hybridized carbons (Fsp3) is 0.286. The first-order chi connectivity index (χ1) is 7.74. The molecule has 1 aromatic rings. The first-order valence-electron chi connectivity index (χ1n) is 4.02. The second kappa shape index (κ2) is 4.41. The zero-order valence-corrected chi connectivity index (χ0v) is 7.95. The normalized spacial score (nSPS) is 11.3. The summed E-state index contributed by atoms with van der Waals surface area (Å²) in [5, 5.41) is 19.1. The van der Waals surface area contributed by atoms with Gasteiger partial charge in [-0.2, -0.15) is 0 Å². The lowest BCUT2D eigenvalue weighted by molar-refractivity contribution is -0.389. The molecule has 0 aliphatic carbocycles. The van der Waals surface area contributed by atoms with Gasteiger partial charge in [-0.15, -0.1) is 13.2 Å². The molecule has 1 rings (SSSR count). The van der Waals surface area contributed by atoms with Gasteiger partial charge in [0.25, 0.3) is 11.4 Å². The number of aromatic amines is 1. The summed E-state index contributed by atoms with van der Waals surface area (Å²) in [6.07, 6.45) is -5.17. The van der Waals surface area contributed by atoms with Crippen molar-refractivity contribution in [1.29, 1.82) is 0 Å². The van der Waals surface area contributed by atoms with Crippen LogP contribution in [0.2, 0.25) is 0 Å². The maximum absolute atomic E-state index is 11.9. The van der Waals surface area contributed by atoms with Crippen LogP contribution in [-0.4, -0.2) is 21.4 Å². The lowest BCUT2D eigenvalue weighted by atomic mass is 10.2. The van der Waals surface area contributed by atoms with Crippen molar-refractivity contribution in [2.75, 3.05) is 0 Å². The van der Waals surface area contributed by atoms with Crippen molar-refractivity contribution in [2.24, 2.45) is 0 Å². The van der Waals surface area contributed by atoms with Crippen molar-refractivity contribution in [3.8, 4) is 5.88 Å². The van der Waals surface area contributed by atoms with Gasteiger partial charge in [0.2, 0.25) is 0 Å². The Kier molecular flexibility index (Phi) is 3.36. The number of pyridine rings is 1. The maximum atomic E-state index is 11.9. The highest BCUT2D eigenvalue weighted by Crippen LogP contribution is 2.28. The Bertz CT molecular complexity index is 495. The number of nitro groups is 1. The molecule has 17 heavy (non-hydrogen) atoms. The van der Waals surface area contributed by atoms with Crippen molar-refractivity contribution in [2.45, 2.75) is 13.0 Å². The fourth-order valence-corrected chi connectivity index (χ4v) is 0.990. The lowest BCUT2D eigenvalue weighted by Crippen LogP contribution is -2.22. The molecule has 0 atom stereocenters. The standard InChI is InChI=1S/C7H5F3N2O5/c8-7(9,10)17-6-4(12(15)16)1-3(2-13)5(14)11-6/h1,13H,2H2,(H,11,14). The molecule has 94 valence electrons. The highest BCUT2D eigenvalue weighted by atomic mass is 19.4. The van der Waals surface area contributed by atoms with Gasteiger partial charge in [0.1, 0.15) is 0 Å². The van der Waals surface area contributed by atoms with Crippen LogP contribution in [0.1, 0.15) is 5.56 Å². The van der Waals surface area contributed by atoms with E-state index < -0.39 is 40.6 Å². The number of alkyl halides is 3. The van der Waals surface area contributed by atoms with Gasteiger partial charge in [-0.1, -0.05) is 0 Å². The predicted molar refractivity (Wildman–Crippen MR) is 46.3 cm³/mol. The molecular formula is C7H5F3N2O5. The number of rotatable bonds is 3. The molecule has 0 bridgehead atoms. The molecule has 0 saturated heterocycles. The molecule has 0 radical (unpaired) electrons. The Labute approximate surface area is 90.6 Å². The average Bonchev–Trinajstić information content (AvgIpc) is 2.14. The SMILES string of the molecule is O=c1[nH]c(OC(F)(F)F)c([N+](=O)[O-])cc1CO. The molecule has 0 spiro atoms. The van der Waals surface area contributed by atoms with Crippen LogP contribution in [0.25, 0.3) is 0 Å². The number of H-pyrrole nitrogens is 1. The number of aliphatic hydroxyl groups excluding tert-OH is 1. The summed E-state index contributed by atoms with van der Waals surface area (Å²) < 4.78 is 38.9. The van der Waals surface area contributed by atoms with Gasteiger partial charge in [-0.05, 0) is 0 Å². The topological polar surface area (TPSA) is 105 Å². The molecule has 2 N–H and O–H groups in total. The number of aliphatic hydroxyl groups is 1. The third-order valence-electron chi connectivity index (χ3n) is 1.65. The van der Waals surface area contributed by atoms with Gasteiger partial charge in [-0.25, -0.2) is 0 Å². The zero-order valence-electron chi connectivity index (χ0n) is 7.95. The van der Waals surface area contributed by atoms with Gasteiger partial charge in [0.15, 0.2) is 0 Å². The van der Waals surface area contributed by atoms with E-state index in [1.807, 2.05) is 0 Å². The van der Waals surface area contributed by atoms with Crippen LogP contribution in [0.15, 0.2) is 10.9 Å². The molecule has 0 amide bonds. The molecule has 1 aromatic heterocycles. The molecule has 10 heteroatoms. The molecule has 0 unspecified atom stereocenters. The summed E-state index contributed by atoms with van der Waals surface area (Å²) >= 11 is 0. The summed E-state index contributed by atoms with van der Waals surface area (Å²) in [7, 11) is 0. The van der Waals surface area contributed by atoms with Gasteiger partial charge < -0.3 is 9.84 Å². The summed E-state index contributed by atoms with van der Waals surface area (Å²) in [6.45, 7) is -0.845. The van der Waals surface area contributed by atoms with E-state index in [1.54, 1.807) is 0 Å². The monoisotopic (exact) mass is 254 g/mol. The molecule has 0 fully saturated rings. The van der Waals surface area contributed by atoms with Crippen molar-refractivity contribution in [3.63, 3.8) is 0 Å². The van der Waals surface area contributed by atoms with E-state index >= 15 is 0 Å². The van der Waals surface area contributed by atoms with Crippen LogP contribution in [0, 0.1) is 10.1 Å². The second-order valence-corrected chi connectivity index (χ2v) is 2.80. The van der Waals surface area contributed by atoms with Crippen molar-refractivity contribution in [1.82, 2.24) is 4.98 Å². The third kappa shape index (κ3) is 3.17. The summed E-state index contributed by atoms with van der Waals surface area (Å²) in [5.41, 5.74) is -2.63. The Morgan fingerprint density at radius 2 is 2.12 bits per heavy atom. The van der Waals surface area contributed by atoms with E-state index in [0.717, 1.165) is 0 Å². The zero-order chi connectivity index (χ0) is 13.2. The summed E-state index contributed by atoms with van der Waals surface area (Å²) in [5.74, 6) is -1.33. The smallest absolute Gasteiger partial charge is 0.391 e. The Morgan fingerprint density at radius 1 is 1.53 bits per heavy atom. The largest absolute Gasteiger partial charge is 0.574 e. The fourth-order valence-electron chi connectivity index (χ4n) is 0.990. The van der Waals surface area contributed by atoms with Crippen LogP contribution in [0.4, 0.5) is 18.9 Å². The Morgan fingerprint density at radius 3 is 2.53 bits per heavy atom. The minimum absolute atomic E-state index is 0.439. The van der Waals surface area contributed by atoms with Crippen molar-refractivity contribution >= 4 is 5.69 Å². The second-order valence-electron chi connectivity index (χ2n) is 2.80. The number of aromatic nitrogens is 1. The number of halogens is 3. The van der Waals surface area contributed by atoms with Crippen LogP contribution < -0.4 is 10.3 Å². The summed E-state index contributed by atoms with van der Waals surface area (Å²) in [4.78, 5) is 21.9. The number of nitrogens with one attached hydrogen (secondary N) is 1. The van der Waals surface area contributed by atoms with Gasteiger partial charge in [0.05, 0.1) is 11.5 Å². The van der Waals surface area contributed by atoms with Crippen LogP contribution in [0.5, 0.6) is 5.88 Å². The lowest BCUT2D eigenvalue weighted by Gasteiger charge is -2.08. The third-order valence-corrected chi connectivity index (χ3v) is 1.65. The molecule has 1 heterocycles. The summed E-state index contributed by atoms with van der Waals surface area (Å²) in [6, 6.07) is 0.514.